The second kappa shape index (κ2) is 7.61. The van der Waals surface area contributed by atoms with Crippen molar-refractivity contribution >= 4 is 0 Å². The Morgan fingerprint density at radius 1 is 1.30 bits per heavy atom. The van der Waals surface area contributed by atoms with Gasteiger partial charge in [-0.1, -0.05) is 44.8 Å². The van der Waals surface area contributed by atoms with Crippen LogP contribution in [0.4, 0.5) is 0 Å². The van der Waals surface area contributed by atoms with Crippen molar-refractivity contribution in [2.24, 2.45) is 5.92 Å². The van der Waals surface area contributed by atoms with E-state index < -0.39 is 0 Å². The molecule has 1 atom stereocenters. The predicted molar refractivity (Wildman–Crippen MR) is 86.0 cm³/mol. The molecule has 1 aliphatic heterocycles. The quantitative estimate of drug-likeness (QED) is 0.593. The first-order valence-corrected chi connectivity index (χ1v) is 8.65. The van der Waals surface area contributed by atoms with Crippen LogP contribution in [0.3, 0.4) is 0 Å². The summed E-state index contributed by atoms with van der Waals surface area (Å²) >= 11 is 0. The summed E-state index contributed by atoms with van der Waals surface area (Å²) in [5, 5.41) is 3.49. The minimum Gasteiger partial charge on any atom is -0.375 e. The van der Waals surface area contributed by atoms with E-state index in [1.54, 1.807) is 5.57 Å². The van der Waals surface area contributed by atoms with Gasteiger partial charge in [-0.3, -0.25) is 0 Å². The molecule has 116 valence electrons. The number of allylic oxidation sites excluding steroid dienone is 1. The van der Waals surface area contributed by atoms with E-state index in [1.165, 1.54) is 44.9 Å². The lowest BCUT2D eigenvalue weighted by molar-refractivity contribution is -0.112. The highest BCUT2D eigenvalue weighted by molar-refractivity contribution is 5.07. The maximum absolute atomic E-state index is 6.20. The van der Waals surface area contributed by atoms with Crippen molar-refractivity contribution in [3.05, 3.63) is 11.6 Å². The first-order chi connectivity index (χ1) is 9.61. The van der Waals surface area contributed by atoms with Gasteiger partial charge in [-0.15, -0.1) is 0 Å². The molecular formula is C18H33NO. The molecule has 1 aliphatic carbocycles. The lowest BCUT2D eigenvalue weighted by Gasteiger charge is -2.44. The second-order valence-electron chi connectivity index (χ2n) is 7.13. The molecule has 1 N–H and O–H groups in total. The van der Waals surface area contributed by atoms with Crippen LogP contribution in [-0.2, 0) is 4.74 Å². The van der Waals surface area contributed by atoms with Crippen molar-refractivity contribution in [3.8, 4) is 0 Å². The van der Waals surface area contributed by atoms with Gasteiger partial charge in [-0.25, -0.2) is 0 Å². The third kappa shape index (κ3) is 4.60. The third-order valence-corrected chi connectivity index (χ3v) is 5.06. The zero-order chi connectivity index (χ0) is 14.4. The van der Waals surface area contributed by atoms with Gasteiger partial charge in [0.1, 0.15) is 0 Å². The summed E-state index contributed by atoms with van der Waals surface area (Å²) in [5.74, 6) is 0.765. The molecule has 0 radical (unpaired) electrons. The summed E-state index contributed by atoms with van der Waals surface area (Å²) in [5.41, 5.74) is 1.84. The van der Waals surface area contributed by atoms with E-state index in [4.69, 9.17) is 4.74 Å². The molecule has 2 aliphatic rings. The van der Waals surface area contributed by atoms with Crippen LogP contribution in [0.25, 0.3) is 0 Å². The SMILES string of the molecule is C/C(=C/CCNC(C)C)C1CCOC2(CCCCC2)C1. The Morgan fingerprint density at radius 3 is 2.75 bits per heavy atom. The van der Waals surface area contributed by atoms with E-state index in [0.717, 1.165) is 25.5 Å². The van der Waals surface area contributed by atoms with Gasteiger partial charge in [0.05, 0.1) is 5.60 Å². The van der Waals surface area contributed by atoms with E-state index in [-0.39, 0.29) is 5.60 Å². The zero-order valence-corrected chi connectivity index (χ0v) is 13.7. The smallest absolute Gasteiger partial charge is 0.0688 e. The third-order valence-electron chi connectivity index (χ3n) is 5.06. The molecule has 0 amide bonds. The maximum Gasteiger partial charge on any atom is 0.0688 e. The van der Waals surface area contributed by atoms with Gasteiger partial charge in [-0.2, -0.15) is 0 Å². The van der Waals surface area contributed by atoms with Crippen LogP contribution in [0.2, 0.25) is 0 Å². The lowest BCUT2D eigenvalue weighted by Crippen LogP contribution is -2.41. The fraction of sp³-hybridized carbons (Fsp3) is 0.889. The fourth-order valence-electron chi connectivity index (χ4n) is 3.80. The molecule has 0 aromatic rings. The fourth-order valence-corrected chi connectivity index (χ4v) is 3.80. The average Bonchev–Trinajstić information content (AvgIpc) is 2.44. The Morgan fingerprint density at radius 2 is 2.05 bits per heavy atom. The first kappa shape index (κ1) is 16.0. The normalized spacial score (nSPS) is 27.2. The van der Waals surface area contributed by atoms with Gasteiger partial charge in [-0.05, 0) is 51.5 Å². The largest absolute Gasteiger partial charge is 0.375 e. The molecule has 0 bridgehead atoms. The van der Waals surface area contributed by atoms with Crippen molar-refractivity contribution in [1.82, 2.24) is 5.32 Å². The molecule has 2 fully saturated rings. The van der Waals surface area contributed by atoms with Crippen LogP contribution in [0.5, 0.6) is 0 Å². The van der Waals surface area contributed by atoms with E-state index >= 15 is 0 Å². The van der Waals surface area contributed by atoms with Gasteiger partial charge < -0.3 is 10.1 Å². The standard InChI is InChI=1S/C18H33NO/c1-15(2)19-12-7-8-16(3)17-9-13-20-18(14-17)10-5-4-6-11-18/h8,15,17,19H,4-7,9-14H2,1-3H3/b16-8-. The number of ether oxygens (including phenoxy) is 1. The molecule has 1 saturated carbocycles. The van der Waals surface area contributed by atoms with E-state index in [2.05, 4.69) is 32.2 Å². The Balaban J connectivity index is 1.83. The van der Waals surface area contributed by atoms with Crippen LogP contribution < -0.4 is 5.32 Å². The molecule has 0 aromatic heterocycles. The average molecular weight is 279 g/mol. The van der Waals surface area contributed by atoms with Gasteiger partial charge in [0.15, 0.2) is 0 Å². The highest BCUT2D eigenvalue weighted by atomic mass is 16.5. The Bertz CT molecular complexity index is 310. The van der Waals surface area contributed by atoms with Crippen molar-refractivity contribution in [2.45, 2.75) is 83.8 Å². The zero-order valence-electron chi connectivity index (χ0n) is 13.7. The molecule has 2 rings (SSSR count). The highest BCUT2D eigenvalue weighted by Gasteiger charge is 2.38. The van der Waals surface area contributed by atoms with Crippen molar-refractivity contribution in [2.75, 3.05) is 13.2 Å². The molecular weight excluding hydrogens is 246 g/mol. The topological polar surface area (TPSA) is 21.3 Å². The molecule has 0 aromatic carbocycles. The van der Waals surface area contributed by atoms with E-state index in [1.807, 2.05) is 0 Å². The molecule has 1 saturated heterocycles. The predicted octanol–water partition coefficient (Wildman–Crippen LogP) is 4.45. The molecule has 2 heteroatoms. The summed E-state index contributed by atoms with van der Waals surface area (Å²) in [7, 11) is 0. The number of hydrogen-bond donors (Lipinski definition) is 1. The summed E-state index contributed by atoms with van der Waals surface area (Å²) in [6.45, 7) is 8.83. The Labute approximate surface area is 125 Å². The summed E-state index contributed by atoms with van der Waals surface area (Å²) < 4.78 is 6.20. The molecule has 2 nitrogen and oxygen atoms in total. The Hall–Kier alpha value is -0.340. The van der Waals surface area contributed by atoms with E-state index in [9.17, 15) is 0 Å². The summed E-state index contributed by atoms with van der Waals surface area (Å²) in [6, 6.07) is 0.595. The van der Waals surface area contributed by atoms with Crippen LogP contribution in [0.1, 0.15) is 72.1 Å². The summed E-state index contributed by atoms with van der Waals surface area (Å²) in [4.78, 5) is 0. The van der Waals surface area contributed by atoms with Crippen LogP contribution in [0, 0.1) is 5.92 Å². The summed E-state index contributed by atoms with van der Waals surface area (Å²) in [6.07, 6.45) is 12.9. The van der Waals surface area contributed by atoms with Crippen molar-refractivity contribution in [3.63, 3.8) is 0 Å². The first-order valence-electron chi connectivity index (χ1n) is 8.65. The number of rotatable bonds is 5. The van der Waals surface area contributed by atoms with E-state index in [0.29, 0.717) is 6.04 Å². The number of hydrogen-bond acceptors (Lipinski definition) is 2. The van der Waals surface area contributed by atoms with Crippen LogP contribution in [0.15, 0.2) is 11.6 Å². The minimum atomic E-state index is 0.243. The second-order valence-corrected chi connectivity index (χ2v) is 7.13. The Kier molecular flexibility index (Phi) is 6.10. The molecule has 1 unspecified atom stereocenters. The van der Waals surface area contributed by atoms with Crippen LogP contribution in [-0.4, -0.2) is 24.8 Å². The molecule has 1 heterocycles. The van der Waals surface area contributed by atoms with Crippen molar-refractivity contribution < 1.29 is 4.74 Å². The van der Waals surface area contributed by atoms with Gasteiger partial charge in [0, 0.05) is 12.6 Å². The van der Waals surface area contributed by atoms with Gasteiger partial charge in [0.2, 0.25) is 0 Å². The lowest BCUT2D eigenvalue weighted by atomic mass is 9.74. The highest BCUT2D eigenvalue weighted by Crippen LogP contribution is 2.42. The van der Waals surface area contributed by atoms with Crippen molar-refractivity contribution in [1.29, 1.82) is 0 Å². The molecule has 20 heavy (non-hydrogen) atoms. The van der Waals surface area contributed by atoms with Crippen LogP contribution >= 0.6 is 0 Å². The monoisotopic (exact) mass is 279 g/mol. The van der Waals surface area contributed by atoms with Gasteiger partial charge >= 0.3 is 0 Å². The molecule has 1 spiro atoms. The minimum absolute atomic E-state index is 0.243. The maximum atomic E-state index is 6.20. The number of nitrogens with one attached hydrogen (secondary N) is 1. The van der Waals surface area contributed by atoms with Gasteiger partial charge in [0.25, 0.3) is 0 Å².